The van der Waals surface area contributed by atoms with Gasteiger partial charge in [-0.2, -0.15) is 0 Å². The Labute approximate surface area is 144 Å². The number of hydrogen-bond acceptors (Lipinski definition) is 4. The molecule has 0 unspecified atom stereocenters. The second kappa shape index (κ2) is 5.87. The summed E-state index contributed by atoms with van der Waals surface area (Å²) in [6.45, 7) is 3.06. The second-order valence-corrected chi connectivity index (χ2v) is 6.25. The third-order valence-corrected chi connectivity index (χ3v) is 4.57. The quantitative estimate of drug-likeness (QED) is 0.649. The van der Waals surface area contributed by atoms with Crippen LogP contribution in [0.25, 0.3) is 11.0 Å². The van der Waals surface area contributed by atoms with Crippen molar-refractivity contribution in [3.05, 3.63) is 69.0 Å². The molecule has 0 radical (unpaired) electrons. The summed E-state index contributed by atoms with van der Waals surface area (Å²) in [7, 11) is 0. The van der Waals surface area contributed by atoms with Crippen LogP contribution in [0.4, 0.5) is 5.69 Å². The fourth-order valence-corrected chi connectivity index (χ4v) is 3.31. The van der Waals surface area contributed by atoms with E-state index in [1.54, 1.807) is 6.07 Å². The summed E-state index contributed by atoms with van der Waals surface area (Å²) in [5.74, 6) is 0.761. The Morgan fingerprint density at radius 2 is 2.08 bits per heavy atom. The summed E-state index contributed by atoms with van der Waals surface area (Å²) in [5, 5.41) is 1.64. The SMILES string of the molecule is CCc1cc(=O)oc2c3c(ccc12)OCN(c1cccc(Cl)c1)C3. The van der Waals surface area contributed by atoms with Gasteiger partial charge in [0.2, 0.25) is 0 Å². The smallest absolute Gasteiger partial charge is 0.336 e. The van der Waals surface area contributed by atoms with Crippen molar-refractivity contribution in [2.75, 3.05) is 11.6 Å². The van der Waals surface area contributed by atoms with Gasteiger partial charge in [-0.25, -0.2) is 4.79 Å². The summed E-state index contributed by atoms with van der Waals surface area (Å²) >= 11 is 6.09. The molecule has 122 valence electrons. The van der Waals surface area contributed by atoms with Crippen LogP contribution in [0.1, 0.15) is 18.1 Å². The number of halogens is 1. The Hall–Kier alpha value is -2.46. The van der Waals surface area contributed by atoms with Crippen LogP contribution < -0.4 is 15.3 Å². The molecule has 1 aliphatic heterocycles. The molecule has 1 aliphatic rings. The largest absolute Gasteiger partial charge is 0.473 e. The Morgan fingerprint density at radius 1 is 1.21 bits per heavy atom. The van der Waals surface area contributed by atoms with Crippen LogP contribution in [0.5, 0.6) is 5.75 Å². The van der Waals surface area contributed by atoms with Gasteiger partial charge >= 0.3 is 5.63 Å². The predicted octanol–water partition coefficient (Wildman–Crippen LogP) is 4.37. The molecular weight excluding hydrogens is 326 g/mol. The van der Waals surface area contributed by atoms with Crippen molar-refractivity contribution < 1.29 is 9.15 Å². The van der Waals surface area contributed by atoms with Crippen LogP contribution in [-0.2, 0) is 13.0 Å². The molecule has 2 heterocycles. The zero-order valence-corrected chi connectivity index (χ0v) is 14.0. The molecule has 0 aliphatic carbocycles. The monoisotopic (exact) mass is 341 g/mol. The van der Waals surface area contributed by atoms with E-state index in [0.29, 0.717) is 23.9 Å². The average molecular weight is 342 g/mol. The molecule has 0 bridgehead atoms. The van der Waals surface area contributed by atoms with Crippen molar-refractivity contribution in [2.45, 2.75) is 19.9 Å². The molecule has 2 aromatic carbocycles. The molecule has 4 nitrogen and oxygen atoms in total. The van der Waals surface area contributed by atoms with Crippen LogP contribution in [0.3, 0.4) is 0 Å². The Bertz CT molecular complexity index is 980. The fourth-order valence-electron chi connectivity index (χ4n) is 3.13. The van der Waals surface area contributed by atoms with Crippen LogP contribution in [-0.4, -0.2) is 6.73 Å². The van der Waals surface area contributed by atoms with Gasteiger partial charge in [0, 0.05) is 22.2 Å². The van der Waals surface area contributed by atoms with Crippen molar-refractivity contribution in [1.29, 1.82) is 0 Å². The van der Waals surface area contributed by atoms with Crippen molar-refractivity contribution in [1.82, 2.24) is 0 Å². The molecular formula is C19H16ClNO3. The number of hydrogen-bond donors (Lipinski definition) is 0. The molecule has 0 fully saturated rings. The molecule has 24 heavy (non-hydrogen) atoms. The van der Waals surface area contributed by atoms with Crippen LogP contribution in [0.2, 0.25) is 5.02 Å². The first kappa shape index (κ1) is 15.1. The summed E-state index contributed by atoms with van der Waals surface area (Å²) < 4.78 is 11.4. The fraction of sp³-hybridized carbons (Fsp3) is 0.211. The number of rotatable bonds is 2. The maximum atomic E-state index is 11.9. The minimum atomic E-state index is -0.326. The Balaban J connectivity index is 1.84. The van der Waals surface area contributed by atoms with Crippen LogP contribution >= 0.6 is 11.6 Å². The zero-order chi connectivity index (χ0) is 16.7. The molecule has 0 spiro atoms. The molecule has 0 saturated heterocycles. The average Bonchev–Trinajstić information content (AvgIpc) is 2.60. The van der Waals surface area contributed by atoms with Crippen molar-refractivity contribution >= 4 is 28.3 Å². The Kier molecular flexibility index (Phi) is 3.69. The normalized spacial score (nSPS) is 13.7. The second-order valence-electron chi connectivity index (χ2n) is 5.81. The number of benzene rings is 2. The molecule has 0 N–H and O–H groups in total. The number of nitrogens with zero attached hydrogens (tertiary/aromatic N) is 1. The van der Waals surface area contributed by atoms with Gasteiger partial charge in [-0.05, 0) is 42.3 Å². The molecule has 5 heteroatoms. The Morgan fingerprint density at radius 3 is 2.88 bits per heavy atom. The lowest BCUT2D eigenvalue weighted by molar-refractivity contribution is 0.289. The first-order chi connectivity index (χ1) is 11.7. The highest BCUT2D eigenvalue weighted by molar-refractivity contribution is 6.30. The van der Waals surface area contributed by atoms with E-state index in [4.69, 9.17) is 20.8 Å². The maximum Gasteiger partial charge on any atom is 0.336 e. The van der Waals surface area contributed by atoms with E-state index in [1.165, 1.54) is 0 Å². The van der Waals surface area contributed by atoms with Crippen LogP contribution in [0.15, 0.2) is 51.7 Å². The maximum absolute atomic E-state index is 11.9. The lowest BCUT2D eigenvalue weighted by atomic mass is 10.0. The lowest BCUT2D eigenvalue weighted by Gasteiger charge is -2.31. The van der Waals surface area contributed by atoms with E-state index in [-0.39, 0.29) is 5.63 Å². The molecule has 0 atom stereocenters. The lowest BCUT2D eigenvalue weighted by Crippen LogP contribution is -2.32. The minimum Gasteiger partial charge on any atom is -0.473 e. The summed E-state index contributed by atoms with van der Waals surface area (Å²) in [6.07, 6.45) is 0.778. The first-order valence-corrected chi connectivity index (χ1v) is 8.25. The zero-order valence-electron chi connectivity index (χ0n) is 13.2. The van der Waals surface area contributed by atoms with Gasteiger partial charge in [-0.3, -0.25) is 0 Å². The van der Waals surface area contributed by atoms with E-state index in [1.807, 2.05) is 43.3 Å². The van der Waals surface area contributed by atoms with Gasteiger partial charge < -0.3 is 14.1 Å². The summed E-state index contributed by atoms with van der Waals surface area (Å²) in [6, 6.07) is 13.1. The van der Waals surface area contributed by atoms with E-state index in [0.717, 1.165) is 34.4 Å². The number of fused-ring (bicyclic) bond motifs is 3. The van der Waals surface area contributed by atoms with Crippen LogP contribution in [0, 0.1) is 0 Å². The molecule has 0 saturated carbocycles. The third kappa shape index (κ3) is 2.53. The number of ether oxygens (including phenoxy) is 1. The first-order valence-electron chi connectivity index (χ1n) is 7.87. The molecule has 1 aromatic heterocycles. The van der Waals surface area contributed by atoms with E-state index < -0.39 is 0 Å². The summed E-state index contributed by atoms with van der Waals surface area (Å²) in [5.41, 5.74) is 3.14. The van der Waals surface area contributed by atoms with Gasteiger partial charge in [0.25, 0.3) is 0 Å². The van der Waals surface area contributed by atoms with E-state index in [2.05, 4.69) is 4.90 Å². The topological polar surface area (TPSA) is 42.7 Å². The van der Waals surface area contributed by atoms with Gasteiger partial charge in [0.15, 0.2) is 6.73 Å². The number of aryl methyl sites for hydroxylation is 1. The standard InChI is InChI=1S/C19H16ClNO3/c1-2-12-8-18(22)24-19-15(12)6-7-17-16(19)10-21(11-23-17)14-5-3-4-13(20)9-14/h3-9H,2,10-11H2,1H3. The predicted molar refractivity (Wildman–Crippen MR) is 95.0 cm³/mol. The van der Waals surface area contributed by atoms with Crippen molar-refractivity contribution in [3.8, 4) is 5.75 Å². The third-order valence-electron chi connectivity index (χ3n) is 4.34. The van der Waals surface area contributed by atoms with Gasteiger partial charge in [-0.15, -0.1) is 0 Å². The highest BCUT2D eigenvalue weighted by Gasteiger charge is 2.22. The highest BCUT2D eigenvalue weighted by atomic mass is 35.5. The highest BCUT2D eigenvalue weighted by Crippen LogP contribution is 2.35. The van der Waals surface area contributed by atoms with E-state index >= 15 is 0 Å². The molecule has 3 aromatic rings. The molecule has 0 amide bonds. The van der Waals surface area contributed by atoms with Crippen molar-refractivity contribution in [2.24, 2.45) is 0 Å². The van der Waals surface area contributed by atoms with Crippen molar-refractivity contribution in [3.63, 3.8) is 0 Å². The van der Waals surface area contributed by atoms with Gasteiger partial charge in [0.1, 0.15) is 11.3 Å². The molecule has 4 rings (SSSR count). The minimum absolute atomic E-state index is 0.326. The van der Waals surface area contributed by atoms with Gasteiger partial charge in [0.05, 0.1) is 12.1 Å². The van der Waals surface area contributed by atoms with Gasteiger partial charge in [-0.1, -0.05) is 24.6 Å². The number of anilines is 1. The van der Waals surface area contributed by atoms with E-state index in [9.17, 15) is 4.79 Å². The summed E-state index contributed by atoms with van der Waals surface area (Å²) in [4.78, 5) is 14.0.